The molecule has 0 fully saturated rings. The van der Waals surface area contributed by atoms with Gasteiger partial charge >= 0.3 is 6.09 Å². The van der Waals surface area contributed by atoms with Gasteiger partial charge < -0.3 is 70.9 Å². The monoisotopic (exact) mass is 778 g/mol. The summed E-state index contributed by atoms with van der Waals surface area (Å²) in [7, 11) is 0. The molecule has 0 aromatic heterocycles. The molecule has 0 atom stereocenters. The highest BCUT2D eigenvalue weighted by Gasteiger charge is 2.36. The van der Waals surface area contributed by atoms with E-state index in [0.717, 1.165) is 22.3 Å². The lowest BCUT2D eigenvalue weighted by Gasteiger charge is -2.34. The SMILES string of the molecule is O=C(CCOCC(COCCC(=O)NC(CO)CO)(COCCC(=O)NC(CO)CO)NC(=O)OCC1c2ccccc2-c2ccccc21)NC(CO)CO. The van der Waals surface area contributed by atoms with Crippen LogP contribution in [0, 0.1) is 0 Å². The molecule has 55 heavy (non-hydrogen) atoms. The summed E-state index contributed by atoms with van der Waals surface area (Å²) < 4.78 is 23.3. The molecule has 0 aliphatic heterocycles. The second-order valence-corrected chi connectivity index (χ2v) is 13.0. The molecule has 2 aromatic carbocycles. The van der Waals surface area contributed by atoms with Crippen LogP contribution in [-0.4, -0.2) is 164 Å². The van der Waals surface area contributed by atoms with E-state index in [4.69, 9.17) is 18.9 Å². The Morgan fingerprint density at radius 3 is 1.25 bits per heavy atom. The van der Waals surface area contributed by atoms with Gasteiger partial charge in [-0.3, -0.25) is 14.4 Å². The fourth-order valence-electron chi connectivity index (χ4n) is 5.73. The maximum Gasteiger partial charge on any atom is 0.407 e. The Kier molecular flexibility index (Phi) is 20.0. The standard InChI is InChI=1S/C37H54N4O14/c42-15-25(16-43)38-33(48)9-12-52-22-37(23-53-13-10-34(49)39-26(17-44)18-45,24-54-14-11-35(50)40-27(19-46)20-47)41-36(51)55-21-32-30-7-3-1-5-28(30)29-6-2-4-8-31(29)32/h1-8,25-27,32,42-47H,9-24H2,(H,38,48)(H,39,49)(H,40,50)(H,41,51). The molecule has 18 nitrogen and oxygen atoms in total. The van der Waals surface area contributed by atoms with Crippen molar-refractivity contribution in [3.63, 3.8) is 0 Å². The molecule has 0 heterocycles. The van der Waals surface area contributed by atoms with Crippen LogP contribution in [-0.2, 0) is 33.3 Å². The number of aliphatic hydroxyl groups is 6. The molecule has 1 aliphatic carbocycles. The maximum atomic E-state index is 13.6. The lowest BCUT2D eigenvalue weighted by molar-refractivity contribution is -0.124. The zero-order chi connectivity index (χ0) is 40.1. The Bertz CT molecular complexity index is 1360. The smallest absolute Gasteiger partial charge is 0.407 e. The van der Waals surface area contributed by atoms with Crippen molar-refractivity contribution in [3.05, 3.63) is 59.7 Å². The fourth-order valence-corrected chi connectivity index (χ4v) is 5.73. The van der Waals surface area contributed by atoms with Crippen molar-refractivity contribution >= 4 is 23.8 Å². The van der Waals surface area contributed by atoms with Gasteiger partial charge in [0.15, 0.2) is 0 Å². The van der Waals surface area contributed by atoms with Crippen molar-refractivity contribution in [2.45, 2.75) is 48.8 Å². The predicted molar refractivity (Wildman–Crippen MR) is 196 cm³/mol. The minimum Gasteiger partial charge on any atom is -0.449 e. The van der Waals surface area contributed by atoms with Crippen LogP contribution in [0.25, 0.3) is 11.1 Å². The number of aliphatic hydroxyl groups excluding tert-OH is 6. The average molecular weight is 779 g/mol. The zero-order valence-electron chi connectivity index (χ0n) is 30.7. The first kappa shape index (κ1) is 45.2. The fraction of sp³-hybridized carbons (Fsp3) is 0.568. The Balaban J connectivity index is 1.76. The molecule has 0 radical (unpaired) electrons. The van der Waals surface area contributed by atoms with E-state index in [1.54, 1.807) is 0 Å². The van der Waals surface area contributed by atoms with Crippen LogP contribution in [0.15, 0.2) is 48.5 Å². The molecule has 3 rings (SSSR count). The van der Waals surface area contributed by atoms with Gasteiger partial charge in [0.2, 0.25) is 17.7 Å². The molecule has 18 heteroatoms. The summed E-state index contributed by atoms with van der Waals surface area (Å²) in [5, 5.41) is 65.8. The van der Waals surface area contributed by atoms with E-state index in [1.165, 1.54) is 0 Å². The van der Waals surface area contributed by atoms with E-state index < -0.39 is 87.1 Å². The van der Waals surface area contributed by atoms with Gasteiger partial charge in [-0.15, -0.1) is 0 Å². The second-order valence-electron chi connectivity index (χ2n) is 13.0. The zero-order valence-corrected chi connectivity index (χ0v) is 30.7. The highest BCUT2D eigenvalue weighted by Crippen LogP contribution is 2.44. The summed E-state index contributed by atoms with van der Waals surface area (Å²) in [6.07, 6.45) is -1.38. The van der Waals surface area contributed by atoms with Gasteiger partial charge in [0.1, 0.15) is 12.1 Å². The Hall–Kier alpha value is -4.24. The third-order valence-corrected chi connectivity index (χ3v) is 8.68. The van der Waals surface area contributed by atoms with Crippen molar-refractivity contribution in [2.24, 2.45) is 0 Å². The van der Waals surface area contributed by atoms with Crippen LogP contribution in [0.1, 0.15) is 36.3 Å². The van der Waals surface area contributed by atoms with Gasteiger partial charge in [-0.1, -0.05) is 48.5 Å². The Labute approximate surface area is 319 Å². The summed E-state index contributed by atoms with van der Waals surface area (Å²) >= 11 is 0. The number of hydrogen-bond acceptors (Lipinski definition) is 14. The molecule has 306 valence electrons. The highest BCUT2D eigenvalue weighted by molar-refractivity contribution is 5.79. The molecule has 0 saturated heterocycles. The molecule has 0 saturated carbocycles. The van der Waals surface area contributed by atoms with E-state index in [0.29, 0.717) is 0 Å². The first-order valence-electron chi connectivity index (χ1n) is 18.0. The second kappa shape index (κ2) is 24.3. The topological polar surface area (TPSA) is 275 Å². The number of ether oxygens (including phenoxy) is 4. The van der Waals surface area contributed by atoms with Crippen molar-refractivity contribution in [1.29, 1.82) is 0 Å². The van der Waals surface area contributed by atoms with Crippen LogP contribution in [0.5, 0.6) is 0 Å². The number of benzene rings is 2. The largest absolute Gasteiger partial charge is 0.449 e. The molecule has 1 aliphatic rings. The van der Waals surface area contributed by atoms with E-state index in [-0.39, 0.29) is 71.4 Å². The molecule has 0 unspecified atom stereocenters. The third kappa shape index (κ3) is 14.7. The molecule has 4 amide bonds. The quantitative estimate of drug-likeness (QED) is 0.0435. The maximum absolute atomic E-state index is 13.6. The van der Waals surface area contributed by atoms with Gasteiger partial charge in [0.25, 0.3) is 0 Å². The van der Waals surface area contributed by atoms with E-state index in [9.17, 15) is 49.8 Å². The number of carbonyl (C=O) groups excluding carboxylic acids is 4. The minimum atomic E-state index is -1.51. The number of rotatable bonds is 27. The van der Waals surface area contributed by atoms with Crippen LogP contribution in [0.3, 0.4) is 0 Å². The van der Waals surface area contributed by atoms with Crippen molar-refractivity contribution in [1.82, 2.24) is 21.3 Å². The van der Waals surface area contributed by atoms with Crippen molar-refractivity contribution < 1.29 is 68.8 Å². The molecule has 0 spiro atoms. The highest BCUT2D eigenvalue weighted by atomic mass is 16.6. The molecule has 2 aromatic rings. The summed E-state index contributed by atoms with van der Waals surface area (Å²) in [5.74, 6) is -1.79. The lowest BCUT2D eigenvalue weighted by atomic mass is 9.98. The summed E-state index contributed by atoms with van der Waals surface area (Å²) in [6.45, 7) is -4.25. The number of nitrogens with one attached hydrogen (secondary N) is 4. The first-order valence-corrected chi connectivity index (χ1v) is 18.0. The number of fused-ring (bicyclic) bond motifs is 3. The van der Waals surface area contributed by atoms with Crippen LogP contribution >= 0.6 is 0 Å². The van der Waals surface area contributed by atoms with Gasteiger partial charge in [-0.05, 0) is 22.3 Å². The molecular weight excluding hydrogens is 724 g/mol. The summed E-state index contributed by atoms with van der Waals surface area (Å²) in [4.78, 5) is 50.7. The third-order valence-electron chi connectivity index (χ3n) is 8.68. The van der Waals surface area contributed by atoms with Crippen molar-refractivity contribution in [3.8, 4) is 11.1 Å². The minimum absolute atomic E-state index is 0.0241. The van der Waals surface area contributed by atoms with E-state index in [2.05, 4.69) is 21.3 Å². The van der Waals surface area contributed by atoms with Gasteiger partial charge in [0.05, 0.1) is 97.4 Å². The first-order chi connectivity index (χ1) is 26.6. The number of alkyl carbamates (subject to hydrolysis) is 1. The number of carbonyl (C=O) groups is 4. The van der Waals surface area contributed by atoms with Crippen LogP contribution in [0.4, 0.5) is 4.79 Å². The predicted octanol–water partition coefficient (Wildman–Crippen LogP) is -2.11. The molecule has 10 N–H and O–H groups in total. The number of amides is 4. The Morgan fingerprint density at radius 2 is 0.909 bits per heavy atom. The lowest BCUT2D eigenvalue weighted by Crippen LogP contribution is -2.59. The molecule has 0 bridgehead atoms. The average Bonchev–Trinajstić information content (AvgIpc) is 3.52. The van der Waals surface area contributed by atoms with Gasteiger partial charge in [0, 0.05) is 25.2 Å². The summed E-state index contributed by atoms with van der Waals surface area (Å²) in [5.41, 5.74) is 2.54. The van der Waals surface area contributed by atoms with Crippen molar-refractivity contribution in [2.75, 3.05) is 85.9 Å². The molecular formula is C37H54N4O14. The number of hydrogen-bond donors (Lipinski definition) is 10. The van der Waals surface area contributed by atoms with Crippen LogP contribution in [0.2, 0.25) is 0 Å². The van der Waals surface area contributed by atoms with E-state index >= 15 is 0 Å². The normalized spacial score (nSPS) is 12.5. The Morgan fingerprint density at radius 1 is 0.564 bits per heavy atom. The summed E-state index contributed by atoms with van der Waals surface area (Å²) in [6, 6.07) is 13.1. The van der Waals surface area contributed by atoms with Gasteiger partial charge in [-0.2, -0.15) is 0 Å². The van der Waals surface area contributed by atoms with Crippen LogP contribution < -0.4 is 21.3 Å². The van der Waals surface area contributed by atoms with Gasteiger partial charge in [-0.25, -0.2) is 4.79 Å². The van der Waals surface area contributed by atoms with E-state index in [1.807, 2.05) is 48.5 Å².